The fourth-order valence-electron chi connectivity index (χ4n) is 2.18. The Bertz CT molecular complexity index is 641. The van der Waals surface area contributed by atoms with Crippen LogP contribution in [0, 0.1) is 0 Å². The van der Waals surface area contributed by atoms with Crippen molar-refractivity contribution in [3.63, 3.8) is 0 Å². The van der Waals surface area contributed by atoms with Gasteiger partial charge in [-0.15, -0.1) is 22.9 Å². The first-order valence-corrected chi connectivity index (χ1v) is 9.23. The van der Waals surface area contributed by atoms with Crippen molar-refractivity contribution in [3.05, 3.63) is 46.9 Å². The lowest BCUT2D eigenvalue weighted by Crippen LogP contribution is -1.97. The van der Waals surface area contributed by atoms with Crippen LogP contribution in [0.4, 0.5) is 0 Å². The van der Waals surface area contributed by atoms with E-state index in [1.165, 1.54) is 5.56 Å². The monoisotopic (exact) mass is 484 g/mol. The number of fused-ring (bicyclic) bond motifs is 1. The molecule has 1 aliphatic rings. The van der Waals surface area contributed by atoms with Crippen molar-refractivity contribution in [1.29, 1.82) is 0 Å². The molecule has 0 saturated carbocycles. The highest BCUT2D eigenvalue weighted by atomic mass is 79.9. The Morgan fingerprint density at radius 1 is 1.16 bits per heavy atom. The molecule has 1 aromatic carbocycles. The van der Waals surface area contributed by atoms with Crippen LogP contribution in [-0.2, 0) is 6.42 Å². The van der Waals surface area contributed by atoms with Crippen LogP contribution < -0.4 is 4.74 Å². The van der Waals surface area contributed by atoms with Gasteiger partial charge < -0.3 is 4.74 Å². The van der Waals surface area contributed by atoms with Crippen LogP contribution in [0.25, 0.3) is 0 Å². The standard InChI is InChI=1S/C13H8Br3ClOS/c14-7-3-6-1-2-18-12(6)8(4-7)11(17)9-5-10(15)19-13(9)16/h3-5,11H,1-2H2. The molecular formula is C13H8Br3ClOS. The summed E-state index contributed by atoms with van der Waals surface area (Å²) in [5, 5.41) is -0.221. The molecule has 0 aliphatic carbocycles. The van der Waals surface area contributed by atoms with E-state index >= 15 is 0 Å². The molecule has 6 heteroatoms. The minimum atomic E-state index is -0.221. The van der Waals surface area contributed by atoms with Crippen molar-refractivity contribution in [1.82, 2.24) is 0 Å². The van der Waals surface area contributed by atoms with Gasteiger partial charge in [0, 0.05) is 22.0 Å². The zero-order valence-corrected chi connectivity index (χ0v) is 15.9. The number of hydrogen-bond donors (Lipinski definition) is 0. The molecule has 0 spiro atoms. The van der Waals surface area contributed by atoms with Gasteiger partial charge in [-0.05, 0) is 55.6 Å². The summed E-state index contributed by atoms with van der Waals surface area (Å²) in [6.45, 7) is 0.733. The van der Waals surface area contributed by atoms with E-state index in [-0.39, 0.29) is 5.38 Å². The maximum absolute atomic E-state index is 6.66. The topological polar surface area (TPSA) is 9.23 Å². The molecule has 1 aliphatic heterocycles. The quantitative estimate of drug-likeness (QED) is 0.452. The second-order valence-corrected chi connectivity index (χ2v) is 9.33. The van der Waals surface area contributed by atoms with Crippen LogP contribution in [0.15, 0.2) is 30.2 Å². The lowest BCUT2D eigenvalue weighted by Gasteiger charge is -2.14. The minimum absolute atomic E-state index is 0.221. The van der Waals surface area contributed by atoms with Crippen molar-refractivity contribution >= 4 is 70.7 Å². The number of benzene rings is 1. The number of ether oxygens (including phenoxy) is 1. The minimum Gasteiger partial charge on any atom is -0.493 e. The smallest absolute Gasteiger partial charge is 0.127 e. The van der Waals surface area contributed by atoms with E-state index in [0.29, 0.717) is 0 Å². The summed E-state index contributed by atoms with van der Waals surface area (Å²) in [6.07, 6.45) is 0.944. The molecule has 1 aromatic heterocycles. The molecule has 19 heavy (non-hydrogen) atoms. The Balaban J connectivity index is 2.09. The highest BCUT2D eigenvalue weighted by Gasteiger charge is 2.25. The summed E-state index contributed by atoms with van der Waals surface area (Å²) in [5.74, 6) is 0.942. The van der Waals surface area contributed by atoms with E-state index in [2.05, 4.69) is 59.9 Å². The fourth-order valence-corrected chi connectivity index (χ4v) is 6.14. The second-order valence-electron chi connectivity index (χ2n) is 4.22. The first-order chi connectivity index (χ1) is 9.06. The highest BCUT2D eigenvalue weighted by molar-refractivity contribution is 9.12. The molecule has 0 bridgehead atoms. The molecule has 3 rings (SSSR count). The average molecular weight is 487 g/mol. The van der Waals surface area contributed by atoms with Crippen LogP contribution in [0.3, 0.4) is 0 Å². The van der Waals surface area contributed by atoms with Gasteiger partial charge in [-0.25, -0.2) is 0 Å². The average Bonchev–Trinajstić information content (AvgIpc) is 2.93. The van der Waals surface area contributed by atoms with Crippen molar-refractivity contribution in [3.8, 4) is 5.75 Å². The molecular weight excluding hydrogens is 479 g/mol. The van der Waals surface area contributed by atoms with E-state index < -0.39 is 0 Å². The summed E-state index contributed by atoms with van der Waals surface area (Å²) >= 11 is 18.9. The number of thiophene rings is 1. The SMILES string of the molecule is ClC(c1cc(Br)sc1Br)c1cc(Br)cc2c1OCC2. The maximum Gasteiger partial charge on any atom is 0.127 e. The first-order valence-electron chi connectivity index (χ1n) is 5.60. The zero-order valence-electron chi connectivity index (χ0n) is 9.55. The van der Waals surface area contributed by atoms with Crippen LogP contribution in [0.5, 0.6) is 5.75 Å². The summed E-state index contributed by atoms with van der Waals surface area (Å²) in [6, 6.07) is 6.20. The van der Waals surface area contributed by atoms with Crippen LogP contribution in [0.2, 0.25) is 0 Å². The van der Waals surface area contributed by atoms with Crippen LogP contribution >= 0.6 is 70.7 Å². The van der Waals surface area contributed by atoms with Crippen molar-refractivity contribution in [2.24, 2.45) is 0 Å². The van der Waals surface area contributed by atoms with Gasteiger partial charge in [0.25, 0.3) is 0 Å². The van der Waals surface area contributed by atoms with Gasteiger partial charge in [-0.2, -0.15) is 0 Å². The molecule has 0 saturated heterocycles. The Morgan fingerprint density at radius 2 is 1.95 bits per heavy atom. The second kappa shape index (κ2) is 5.68. The predicted molar refractivity (Wildman–Crippen MR) is 90.8 cm³/mol. The van der Waals surface area contributed by atoms with E-state index in [4.69, 9.17) is 16.3 Å². The normalized spacial score (nSPS) is 15.2. The summed E-state index contributed by atoms with van der Waals surface area (Å²) in [4.78, 5) is 0. The zero-order chi connectivity index (χ0) is 13.6. The van der Waals surface area contributed by atoms with Gasteiger partial charge in [-0.1, -0.05) is 15.9 Å². The lowest BCUT2D eigenvalue weighted by atomic mass is 10.0. The molecule has 1 nitrogen and oxygen atoms in total. The van der Waals surface area contributed by atoms with Gasteiger partial charge in [0.05, 0.1) is 19.6 Å². The van der Waals surface area contributed by atoms with E-state index in [0.717, 1.165) is 41.9 Å². The largest absolute Gasteiger partial charge is 0.493 e. The van der Waals surface area contributed by atoms with Crippen molar-refractivity contribution in [2.75, 3.05) is 6.61 Å². The molecule has 2 heterocycles. The van der Waals surface area contributed by atoms with Gasteiger partial charge >= 0.3 is 0 Å². The number of halogens is 4. The van der Waals surface area contributed by atoms with Crippen LogP contribution in [-0.4, -0.2) is 6.61 Å². The third kappa shape index (κ3) is 2.77. The summed E-state index contributed by atoms with van der Waals surface area (Å²) < 4.78 is 8.90. The third-order valence-electron chi connectivity index (χ3n) is 3.01. The number of hydrogen-bond acceptors (Lipinski definition) is 2. The van der Waals surface area contributed by atoms with Crippen molar-refractivity contribution < 1.29 is 4.74 Å². The van der Waals surface area contributed by atoms with Gasteiger partial charge in [0.15, 0.2) is 0 Å². The molecule has 1 unspecified atom stereocenters. The van der Waals surface area contributed by atoms with E-state index in [1.54, 1.807) is 11.3 Å². The first kappa shape index (κ1) is 14.4. The van der Waals surface area contributed by atoms with E-state index in [9.17, 15) is 0 Å². The Kier molecular flexibility index (Phi) is 4.30. The third-order valence-corrected chi connectivity index (χ3v) is 6.32. The number of alkyl halides is 1. The molecule has 0 radical (unpaired) electrons. The van der Waals surface area contributed by atoms with Gasteiger partial charge in [0.1, 0.15) is 5.75 Å². The lowest BCUT2D eigenvalue weighted by molar-refractivity contribution is 0.353. The molecule has 1 atom stereocenters. The molecule has 0 fully saturated rings. The molecule has 0 N–H and O–H groups in total. The van der Waals surface area contributed by atoms with E-state index in [1.807, 2.05) is 6.07 Å². The molecule has 2 aromatic rings. The Morgan fingerprint density at radius 3 is 2.63 bits per heavy atom. The van der Waals surface area contributed by atoms with Gasteiger partial charge in [-0.3, -0.25) is 0 Å². The van der Waals surface area contributed by atoms with Crippen LogP contribution in [0.1, 0.15) is 22.1 Å². The maximum atomic E-state index is 6.66. The molecule has 100 valence electrons. The fraction of sp³-hybridized carbons (Fsp3) is 0.231. The Labute approximate surface area is 145 Å². The highest BCUT2D eigenvalue weighted by Crippen LogP contribution is 2.46. The Hall–Kier alpha value is 0.450. The summed E-state index contributed by atoms with van der Waals surface area (Å²) in [7, 11) is 0. The number of rotatable bonds is 2. The van der Waals surface area contributed by atoms with Crippen molar-refractivity contribution in [2.45, 2.75) is 11.8 Å². The predicted octanol–water partition coefficient (Wildman–Crippen LogP) is 6.30. The molecule has 0 amide bonds. The van der Waals surface area contributed by atoms with Gasteiger partial charge in [0.2, 0.25) is 0 Å². The summed E-state index contributed by atoms with van der Waals surface area (Å²) in [5.41, 5.74) is 3.31.